The number of esters is 1. The zero-order valence-electron chi connectivity index (χ0n) is 17.2. The van der Waals surface area contributed by atoms with Crippen LogP contribution in [-0.2, 0) is 4.79 Å². The van der Waals surface area contributed by atoms with Crippen LogP contribution in [0.25, 0.3) is 0 Å². The standard InChI is InChI=1S/C25H17ClN2O5/c26-15-7-5-14(6-8-15)23-17-10-9-16(11-21(17)33-24(28)18(23)12-27)31-25(29)22-13-30-19-3-1-2-4-20(19)32-22/h1-11,22-23H,13,28H2. The van der Waals surface area contributed by atoms with Gasteiger partial charge in [-0.15, -0.1) is 0 Å². The molecular weight excluding hydrogens is 444 g/mol. The Bertz CT molecular complexity index is 1310. The van der Waals surface area contributed by atoms with Crippen LogP contribution in [-0.4, -0.2) is 18.7 Å². The lowest BCUT2D eigenvalue weighted by molar-refractivity contribution is -0.144. The molecule has 0 saturated carbocycles. The van der Waals surface area contributed by atoms with Crippen LogP contribution in [0, 0.1) is 11.3 Å². The van der Waals surface area contributed by atoms with Gasteiger partial charge in [-0.2, -0.15) is 5.26 Å². The van der Waals surface area contributed by atoms with Crippen molar-refractivity contribution >= 4 is 17.6 Å². The van der Waals surface area contributed by atoms with Gasteiger partial charge in [0.25, 0.3) is 0 Å². The average molecular weight is 461 g/mol. The number of nitriles is 1. The molecule has 0 bridgehead atoms. The van der Waals surface area contributed by atoms with Crippen molar-refractivity contribution in [1.82, 2.24) is 0 Å². The summed E-state index contributed by atoms with van der Waals surface area (Å²) in [4.78, 5) is 12.7. The lowest BCUT2D eigenvalue weighted by Gasteiger charge is -2.27. The monoisotopic (exact) mass is 460 g/mol. The Hall–Kier alpha value is -4.15. The third kappa shape index (κ3) is 3.93. The third-order valence-electron chi connectivity index (χ3n) is 5.38. The number of carbonyl (C=O) groups excluding carboxylic acids is 1. The van der Waals surface area contributed by atoms with E-state index in [1.54, 1.807) is 48.5 Å². The first-order chi connectivity index (χ1) is 16.0. The largest absolute Gasteiger partial charge is 0.485 e. The van der Waals surface area contributed by atoms with Crippen molar-refractivity contribution in [3.8, 4) is 29.1 Å². The zero-order chi connectivity index (χ0) is 22.9. The van der Waals surface area contributed by atoms with Gasteiger partial charge in [0.05, 0.1) is 5.92 Å². The van der Waals surface area contributed by atoms with Crippen molar-refractivity contribution in [3.63, 3.8) is 0 Å². The summed E-state index contributed by atoms with van der Waals surface area (Å²) in [6.45, 7) is 0.0388. The Balaban J connectivity index is 1.40. The highest BCUT2D eigenvalue weighted by molar-refractivity contribution is 6.30. The minimum Gasteiger partial charge on any atom is -0.485 e. The van der Waals surface area contributed by atoms with Gasteiger partial charge < -0.3 is 24.7 Å². The number of allylic oxidation sites excluding steroid dienone is 1. The number of nitrogens with zero attached hydrogens (tertiary/aromatic N) is 1. The second kappa shape index (κ2) is 8.41. The summed E-state index contributed by atoms with van der Waals surface area (Å²) in [6, 6.07) is 21.3. The number of hydrogen-bond acceptors (Lipinski definition) is 7. The highest BCUT2D eigenvalue weighted by Gasteiger charge is 2.32. The van der Waals surface area contributed by atoms with E-state index in [2.05, 4.69) is 6.07 Å². The molecule has 0 radical (unpaired) electrons. The fourth-order valence-electron chi connectivity index (χ4n) is 3.81. The summed E-state index contributed by atoms with van der Waals surface area (Å²) in [7, 11) is 0. The number of fused-ring (bicyclic) bond motifs is 2. The summed E-state index contributed by atoms with van der Waals surface area (Å²) >= 11 is 6.02. The molecule has 3 aromatic rings. The quantitative estimate of drug-likeness (QED) is 0.459. The Labute approximate surface area is 194 Å². The van der Waals surface area contributed by atoms with E-state index >= 15 is 0 Å². The fraction of sp³-hybridized carbons (Fsp3) is 0.120. The van der Waals surface area contributed by atoms with Crippen molar-refractivity contribution in [1.29, 1.82) is 5.26 Å². The van der Waals surface area contributed by atoms with E-state index in [1.807, 2.05) is 18.2 Å². The molecule has 7 nitrogen and oxygen atoms in total. The van der Waals surface area contributed by atoms with Crippen LogP contribution >= 0.6 is 11.6 Å². The van der Waals surface area contributed by atoms with Gasteiger partial charge in [0, 0.05) is 16.7 Å². The maximum Gasteiger partial charge on any atom is 0.356 e. The fourth-order valence-corrected chi connectivity index (χ4v) is 3.94. The molecule has 8 heteroatoms. The van der Waals surface area contributed by atoms with Crippen molar-refractivity contribution in [2.45, 2.75) is 12.0 Å². The minimum absolute atomic E-state index is 0.00551. The van der Waals surface area contributed by atoms with E-state index in [4.69, 9.17) is 36.3 Å². The molecule has 2 atom stereocenters. The van der Waals surface area contributed by atoms with Gasteiger partial charge in [-0.25, -0.2) is 4.79 Å². The Morgan fingerprint density at radius 3 is 2.58 bits per heavy atom. The molecule has 2 N–H and O–H groups in total. The SMILES string of the molecule is N#CC1=C(N)Oc2cc(OC(=O)C3COc4ccccc4O3)ccc2C1c1ccc(Cl)cc1. The Morgan fingerprint density at radius 2 is 1.82 bits per heavy atom. The predicted octanol–water partition coefficient (Wildman–Crippen LogP) is 4.30. The molecule has 0 spiro atoms. The molecule has 164 valence electrons. The van der Waals surface area contributed by atoms with Crippen molar-refractivity contribution in [2.24, 2.45) is 5.73 Å². The van der Waals surface area contributed by atoms with Gasteiger partial charge in [-0.05, 0) is 35.9 Å². The van der Waals surface area contributed by atoms with Gasteiger partial charge in [0.1, 0.15) is 29.7 Å². The first-order valence-corrected chi connectivity index (χ1v) is 10.5. The van der Waals surface area contributed by atoms with Crippen molar-refractivity contribution in [3.05, 3.63) is 94.3 Å². The maximum atomic E-state index is 12.7. The third-order valence-corrected chi connectivity index (χ3v) is 5.64. The topological polar surface area (TPSA) is 104 Å². The maximum absolute atomic E-state index is 12.7. The zero-order valence-corrected chi connectivity index (χ0v) is 17.9. The number of ether oxygens (including phenoxy) is 4. The van der Waals surface area contributed by atoms with E-state index in [-0.39, 0.29) is 18.2 Å². The molecule has 0 amide bonds. The molecule has 5 rings (SSSR count). The summed E-state index contributed by atoms with van der Waals surface area (Å²) in [5, 5.41) is 10.3. The molecule has 2 aliphatic heterocycles. The van der Waals surface area contributed by atoms with E-state index < -0.39 is 18.0 Å². The highest BCUT2D eigenvalue weighted by Crippen LogP contribution is 2.43. The number of rotatable bonds is 3. The van der Waals surface area contributed by atoms with Crippen molar-refractivity contribution in [2.75, 3.05) is 6.61 Å². The van der Waals surface area contributed by atoms with Crippen LogP contribution in [0.1, 0.15) is 17.0 Å². The summed E-state index contributed by atoms with van der Waals surface area (Å²) < 4.78 is 22.5. The number of benzene rings is 3. The molecule has 2 heterocycles. The van der Waals surface area contributed by atoms with E-state index in [9.17, 15) is 10.1 Å². The van der Waals surface area contributed by atoms with Crippen molar-refractivity contribution < 1.29 is 23.7 Å². The summed E-state index contributed by atoms with van der Waals surface area (Å²) in [5.74, 6) is 0.657. The van der Waals surface area contributed by atoms with Crippen LogP contribution in [0.5, 0.6) is 23.0 Å². The Morgan fingerprint density at radius 1 is 1.06 bits per heavy atom. The molecule has 3 aromatic carbocycles. The van der Waals surface area contributed by atoms with Gasteiger partial charge in [-0.3, -0.25) is 0 Å². The number of hydrogen-bond donors (Lipinski definition) is 1. The molecule has 0 saturated heterocycles. The number of nitrogens with two attached hydrogens (primary N) is 1. The molecular formula is C25H17ClN2O5. The van der Waals surface area contributed by atoms with Gasteiger partial charge in [-0.1, -0.05) is 41.9 Å². The normalized spacial score (nSPS) is 18.5. The molecule has 2 aliphatic rings. The van der Waals surface area contributed by atoms with Gasteiger partial charge in [0.2, 0.25) is 12.0 Å². The molecule has 33 heavy (non-hydrogen) atoms. The second-order valence-corrected chi connectivity index (χ2v) is 7.90. The van der Waals surface area contributed by atoms with Crippen LogP contribution in [0.3, 0.4) is 0 Å². The lowest BCUT2D eigenvalue weighted by atomic mass is 9.83. The first-order valence-electron chi connectivity index (χ1n) is 10.1. The van der Waals surface area contributed by atoms with E-state index in [1.165, 1.54) is 0 Å². The first kappa shape index (κ1) is 20.7. The Kier molecular flexibility index (Phi) is 5.29. The molecule has 0 fully saturated rings. The molecule has 2 unspecified atom stereocenters. The van der Waals surface area contributed by atoms with E-state index in [0.29, 0.717) is 33.4 Å². The smallest absolute Gasteiger partial charge is 0.356 e. The average Bonchev–Trinajstić information content (AvgIpc) is 2.83. The number of carbonyl (C=O) groups is 1. The van der Waals surface area contributed by atoms with Gasteiger partial charge >= 0.3 is 5.97 Å². The van der Waals surface area contributed by atoms with Crippen LogP contribution in [0.4, 0.5) is 0 Å². The summed E-state index contributed by atoms with van der Waals surface area (Å²) in [6.07, 6.45) is -0.908. The van der Waals surface area contributed by atoms with Crippen LogP contribution in [0.2, 0.25) is 5.02 Å². The number of halogens is 1. The van der Waals surface area contributed by atoms with E-state index in [0.717, 1.165) is 5.56 Å². The molecule has 0 aliphatic carbocycles. The minimum atomic E-state index is -0.908. The summed E-state index contributed by atoms with van der Waals surface area (Å²) in [5.41, 5.74) is 7.88. The van der Waals surface area contributed by atoms with Gasteiger partial charge in [0.15, 0.2) is 11.5 Å². The van der Waals surface area contributed by atoms with Crippen LogP contribution in [0.15, 0.2) is 78.2 Å². The lowest BCUT2D eigenvalue weighted by Crippen LogP contribution is -2.39. The van der Waals surface area contributed by atoms with Crippen LogP contribution < -0.4 is 24.7 Å². The molecule has 0 aromatic heterocycles. The predicted molar refractivity (Wildman–Crippen MR) is 119 cm³/mol. The number of para-hydroxylation sites is 2. The highest BCUT2D eigenvalue weighted by atomic mass is 35.5. The second-order valence-electron chi connectivity index (χ2n) is 7.46.